The Labute approximate surface area is 288 Å². The normalized spacial score (nSPS) is 26.9. The van der Waals surface area contributed by atoms with Crippen molar-refractivity contribution in [2.24, 2.45) is 17.3 Å². The van der Waals surface area contributed by atoms with E-state index in [4.69, 9.17) is 5.10 Å². The lowest BCUT2D eigenvalue weighted by Crippen LogP contribution is -2.47. The molecule has 4 aliphatic rings. The first-order chi connectivity index (χ1) is 23.1. The standard InChI is InChI=1S/C36H41BrN8O3/c1-20-7-10-31(37)40-34(20)41-35(48)29-12-36(19-43-16-24-5-4-6-25(24)17-43)13-30(36)45(29)32(47)18-44-28-9-8-23(26-14-38-22(3)39-15-26)11-27(28)33(42-44)21(2)46/h7-11,14-15,21,24-25,29-30,46H,4-6,12-13,16-19H2,1-3H3,(H,40,41,48)/t21?,24-,25+,29-,30+,36-/m0/s1. The number of aliphatic hydroxyl groups excluding tert-OH is 1. The summed E-state index contributed by atoms with van der Waals surface area (Å²) in [6.07, 6.45) is 8.23. The van der Waals surface area contributed by atoms with Gasteiger partial charge in [-0.1, -0.05) is 18.6 Å². The Bertz CT molecular complexity index is 1900. The maximum Gasteiger partial charge on any atom is 0.248 e. The maximum atomic E-state index is 14.4. The Morgan fingerprint density at radius 3 is 2.54 bits per heavy atom. The molecule has 1 unspecified atom stereocenters. The number of fused-ring (bicyclic) bond motifs is 3. The number of nitrogens with zero attached hydrogens (tertiary/aromatic N) is 7. The Hall–Kier alpha value is -3.74. The van der Waals surface area contributed by atoms with Gasteiger partial charge >= 0.3 is 0 Å². The summed E-state index contributed by atoms with van der Waals surface area (Å²) in [6, 6.07) is 9.01. The van der Waals surface area contributed by atoms with Crippen molar-refractivity contribution < 1.29 is 14.7 Å². The van der Waals surface area contributed by atoms with Crippen LogP contribution in [0.15, 0.2) is 47.3 Å². The highest BCUT2D eigenvalue weighted by molar-refractivity contribution is 9.10. The molecule has 2 aliphatic carbocycles. The number of aromatic nitrogens is 5. The number of rotatable bonds is 8. The van der Waals surface area contributed by atoms with E-state index in [9.17, 15) is 14.7 Å². The van der Waals surface area contributed by atoms with E-state index >= 15 is 0 Å². The van der Waals surface area contributed by atoms with Gasteiger partial charge in [0.25, 0.3) is 0 Å². The Morgan fingerprint density at radius 1 is 1.06 bits per heavy atom. The average Bonchev–Trinajstić information content (AvgIpc) is 3.46. The predicted molar refractivity (Wildman–Crippen MR) is 185 cm³/mol. The molecule has 0 radical (unpaired) electrons. The number of benzene rings is 1. The largest absolute Gasteiger partial charge is 0.387 e. The van der Waals surface area contributed by atoms with Gasteiger partial charge < -0.3 is 20.2 Å². The van der Waals surface area contributed by atoms with Gasteiger partial charge in [0.05, 0.1) is 17.3 Å². The second-order valence-electron chi connectivity index (χ2n) is 14.5. The fraction of sp³-hybridized carbons (Fsp3) is 0.500. The van der Waals surface area contributed by atoms with E-state index in [1.165, 1.54) is 19.3 Å². The molecule has 2 saturated heterocycles. The van der Waals surface area contributed by atoms with Crippen molar-refractivity contribution in [3.8, 4) is 11.1 Å². The zero-order valence-corrected chi connectivity index (χ0v) is 29.2. The van der Waals surface area contributed by atoms with Crippen molar-refractivity contribution >= 4 is 44.5 Å². The zero-order chi connectivity index (χ0) is 33.3. The van der Waals surface area contributed by atoms with E-state index in [-0.39, 0.29) is 29.8 Å². The van der Waals surface area contributed by atoms with E-state index in [2.05, 4.69) is 41.1 Å². The van der Waals surface area contributed by atoms with Crippen molar-refractivity contribution in [3.63, 3.8) is 0 Å². The van der Waals surface area contributed by atoms with Gasteiger partial charge in [-0.3, -0.25) is 14.3 Å². The first-order valence-electron chi connectivity index (χ1n) is 17.0. The number of hydrogen-bond acceptors (Lipinski definition) is 8. The molecule has 1 aromatic carbocycles. The quantitative estimate of drug-likeness (QED) is 0.243. The third-order valence-electron chi connectivity index (χ3n) is 11.2. The Morgan fingerprint density at radius 2 is 1.81 bits per heavy atom. The van der Waals surface area contributed by atoms with E-state index in [1.807, 2.05) is 49.1 Å². The van der Waals surface area contributed by atoms with Crippen LogP contribution < -0.4 is 5.32 Å². The summed E-state index contributed by atoms with van der Waals surface area (Å²) >= 11 is 3.42. The van der Waals surface area contributed by atoms with Crippen LogP contribution in [0.4, 0.5) is 5.82 Å². The third kappa shape index (κ3) is 5.61. The van der Waals surface area contributed by atoms with Gasteiger partial charge in [0.2, 0.25) is 11.8 Å². The van der Waals surface area contributed by atoms with Gasteiger partial charge in [0.15, 0.2) is 0 Å². The van der Waals surface area contributed by atoms with Crippen LogP contribution in [0.25, 0.3) is 22.0 Å². The van der Waals surface area contributed by atoms with Crippen LogP contribution in [0, 0.1) is 31.1 Å². The fourth-order valence-corrected chi connectivity index (χ4v) is 9.05. The minimum absolute atomic E-state index is 0.00367. The molecule has 2 aliphatic heterocycles. The number of aryl methyl sites for hydroxylation is 2. The fourth-order valence-electron chi connectivity index (χ4n) is 8.74. The molecule has 0 spiro atoms. The van der Waals surface area contributed by atoms with Crippen molar-refractivity contribution in [3.05, 3.63) is 64.4 Å². The minimum atomic E-state index is -0.837. The lowest BCUT2D eigenvalue weighted by atomic mass is 9.98. The molecule has 2 N–H and O–H groups in total. The van der Waals surface area contributed by atoms with Gasteiger partial charge in [0, 0.05) is 54.4 Å². The van der Waals surface area contributed by atoms with E-state index < -0.39 is 12.1 Å². The van der Waals surface area contributed by atoms with Crippen LogP contribution in [0.5, 0.6) is 0 Å². The van der Waals surface area contributed by atoms with Crippen molar-refractivity contribution in [1.82, 2.24) is 34.5 Å². The van der Waals surface area contributed by atoms with Gasteiger partial charge in [-0.15, -0.1) is 0 Å². The zero-order valence-electron chi connectivity index (χ0n) is 27.6. The maximum absolute atomic E-state index is 14.4. The van der Waals surface area contributed by atoms with Gasteiger partial charge in [-0.25, -0.2) is 15.0 Å². The smallest absolute Gasteiger partial charge is 0.248 e. The van der Waals surface area contributed by atoms with Gasteiger partial charge in [0.1, 0.15) is 28.8 Å². The molecule has 5 heterocycles. The number of amides is 2. The number of nitrogens with one attached hydrogen (secondary N) is 1. The first-order valence-corrected chi connectivity index (χ1v) is 17.8. The molecule has 6 atom stereocenters. The molecule has 48 heavy (non-hydrogen) atoms. The first kappa shape index (κ1) is 31.5. The molecule has 8 rings (SSSR count). The molecule has 3 aromatic heterocycles. The second-order valence-corrected chi connectivity index (χ2v) is 15.3. The summed E-state index contributed by atoms with van der Waals surface area (Å²) in [6.45, 7) is 8.58. The highest BCUT2D eigenvalue weighted by atomic mass is 79.9. The summed E-state index contributed by atoms with van der Waals surface area (Å²) in [4.78, 5) is 46.0. The minimum Gasteiger partial charge on any atom is -0.387 e. The lowest BCUT2D eigenvalue weighted by Gasteiger charge is -2.27. The van der Waals surface area contributed by atoms with Crippen LogP contribution >= 0.6 is 15.9 Å². The molecule has 11 nitrogen and oxygen atoms in total. The second kappa shape index (κ2) is 12.0. The molecule has 2 saturated carbocycles. The van der Waals surface area contributed by atoms with E-state index in [0.29, 0.717) is 28.4 Å². The Kier molecular flexibility index (Phi) is 7.88. The van der Waals surface area contributed by atoms with E-state index in [1.54, 1.807) is 24.0 Å². The van der Waals surface area contributed by atoms with Gasteiger partial charge in [-0.2, -0.15) is 5.10 Å². The highest BCUT2D eigenvalue weighted by Crippen LogP contribution is 2.60. The number of carbonyl (C=O) groups excluding carboxylic acids is 2. The van der Waals surface area contributed by atoms with Crippen molar-refractivity contribution in [2.45, 2.75) is 77.6 Å². The van der Waals surface area contributed by atoms with Crippen LogP contribution in [0.3, 0.4) is 0 Å². The summed E-state index contributed by atoms with van der Waals surface area (Å²) < 4.78 is 2.31. The highest BCUT2D eigenvalue weighted by Gasteiger charge is 2.67. The number of pyridine rings is 1. The van der Waals surface area contributed by atoms with Crippen LogP contribution in [-0.4, -0.2) is 83.2 Å². The molecule has 0 bridgehead atoms. The predicted octanol–water partition coefficient (Wildman–Crippen LogP) is 5.05. The summed E-state index contributed by atoms with van der Waals surface area (Å²) in [5.41, 5.74) is 3.78. The summed E-state index contributed by atoms with van der Waals surface area (Å²) in [5.74, 6) is 2.42. The molecular formula is C36H41BrN8O3. The number of piperidine rings is 1. The van der Waals surface area contributed by atoms with E-state index in [0.717, 1.165) is 65.5 Å². The molecule has 12 heteroatoms. The molecule has 250 valence electrons. The van der Waals surface area contributed by atoms with Gasteiger partial charge in [-0.05, 0) is 104 Å². The number of halogens is 1. The average molecular weight is 714 g/mol. The van der Waals surface area contributed by atoms with Crippen LogP contribution in [-0.2, 0) is 16.1 Å². The van der Waals surface area contributed by atoms with Crippen molar-refractivity contribution in [1.29, 1.82) is 0 Å². The molecule has 4 aromatic rings. The number of anilines is 1. The number of likely N-dealkylation sites (tertiary alicyclic amines) is 2. The lowest BCUT2D eigenvalue weighted by molar-refractivity contribution is -0.138. The molecule has 2 amide bonds. The van der Waals surface area contributed by atoms with Crippen molar-refractivity contribution in [2.75, 3.05) is 25.0 Å². The summed E-state index contributed by atoms with van der Waals surface area (Å²) in [7, 11) is 0. The monoisotopic (exact) mass is 712 g/mol. The van der Waals surface area contributed by atoms with Crippen LogP contribution in [0.2, 0.25) is 0 Å². The SMILES string of the molecule is Cc1ncc(-c2ccc3c(c2)c(C(C)O)nn3CC(=O)N2[C@H](C(=O)Nc3nc(Br)ccc3C)C[C@@]3(CN4C[C@H]5CCC[C@H]5C4)C[C@@H]23)cn1. The Balaban J connectivity index is 1.08. The molecular weight excluding hydrogens is 672 g/mol. The summed E-state index contributed by atoms with van der Waals surface area (Å²) in [5, 5.41) is 19.2. The van der Waals surface area contributed by atoms with Crippen LogP contribution in [0.1, 0.15) is 62.2 Å². The molecule has 4 fully saturated rings. The number of hydrogen-bond donors (Lipinski definition) is 2. The number of carbonyl (C=O) groups is 2. The number of aliphatic hydroxyl groups is 1. The topological polar surface area (TPSA) is 129 Å². The third-order valence-corrected chi connectivity index (χ3v) is 11.7.